The zero-order valence-electron chi connectivity index (χ0n) is 16.0. The highest BCUT2D eigenvalue weighted by Gasteiger charge is 2.30. The quantitative estimate of drug-likeness (QED) is 0.544. The Morgan fingerprint density at radius 1 is 1.10 bits per heavy atom. The Morgan fingerprint density at radius 3 is 2.39 bits per heavy atom. The molecule has 0 spiro atoms. The predicted octanol–water partition coefficient (Wildman–Crippen LogP) is 4.64. The number of carbonyl (C=O) groups excluding carboxylic acids is 2. The second-order valence-electron chi connectivity index (χ2n) is 7.00. The van der Waals surface area contributed by atoms with Gasteiger partial charge < -0.3 is 15.3 Å². The lowest BCUT2D eigenvalue weighted by Gasteiger charge is -2.18. The average molecular weight is 475 g/mol. The summed E-state index contributed by atoms with van der Waals surface area (Å²) in [5.41, 5.74) is 2.47. The van der Waals surface area contributed by atoms with Crippen molar-refractivity contribution >= 4 is 58.0 Å². The standard InChI is InChI=1S/C22H16Cl2N2O4S/c23-15-2-1-3-16(24)18(15)20(27)25-17(22(29)30)10-12-4-6-14(7-5-12)26-11-13-8-9-31-19(13)21(26)28/h1-9,17H,10-11H2,(H,25,27)(H,29,30)/t17-/m0/s1. The number of nitrogens with one attached hydrogen (secondary N) is 1. The van der Waals surface area contributed by atoms with E-state index in [9.17, 15) is 19.5 Å². The van der Waals surface area contributed by atoms with E-state index >= 15 is 0 Å². The molecule has 3 aromatic rings. The highest BCUT2D eigenvalue weighted by atomic mass is 35.5. The van der Waals surface area contributed by atoms with Gasteiger partial charge in [-0.25, -0.2) is 4.79 Å². The molecule has 0 aliphatic carbocycles. The van der Waals surface area contributed by atoms with Crippen LogP contribution in [0.25, 0.3) is 0 Å². The van der Waals surface area contributed by atoms with Crippen molar-refractivity contribution in [2.24, 2.45) is 0 Å². The minimum absolute atomic E-state index is 0.0347. The fraction of sp³-hybridized carbons (Fsp3) is 0.136. The first-order chi connectivity index (χ1) is 14.8. The maximum atomic E-state index is 12.6. The van der Waals surface area contributed by atoms with Crippen molar-refractivity contribution in [1.29, 1.82) is 0 Å². The Hall–Kier alpha value is -2.87. The summed E-state index contributed by atoms with van der Waals surface area (Å²) >= 11 is 13.5. The number of benzene rings is 2. The van der Waals surface area contributed by atoms with Gasteiger partial charge in [-0.15, -0.1) is 11.3 Å². The Labute approximate surface area is 192 Å². The molecule has 1 aliphatic heterocycles. The zero-order chi connectivity index (χ0) is 22.1. The maximum absolute atomic E-state index is 12.6. The minimum atomic E-state index is -1.18. The summed E-state index contributed by atoms with van der Waals surface area (Å²) in [6, 6.07) is 12.4. The van der Waals surface area contributed by atoms with Crippen LogP contribution in [0.1, 0.15) is 31.2 Å². The van der Waals surface area contributed by atoms with Crippen molar-refractivity contribution in [3.63, 3.8) is 0 Å². The van der Waals surface area contributed by atoms with Crippen molar-refractivity contribution in [3.8, 4) is 0 Å². The highest BCUT2D eigenvalue weighted by Crippen LogP contribution is 2.31. The number of rotatable bonds is 6. The van der Waals surface area contributed by atoms with Crippen molar-refractivity contribution in [2.45, 2.75) is 19.0 Å². The number of aliphatic carboxylic acids is 1. The number of anilines is 1. The molecule has 4 rings (SSSR count). The molecule has 158 valence electrons. The largest absolute Gasteiger partial charge is 0.480 e. The first kappa shape index (κ1) is 21.4. The van der Waals surface area contributed by atoms with Crippen LogP contribution in [0.4, 0.5) is 5.69 Å². The SMILES string of the molecule is O=C(N[C@@H](Cc1ccc(N2Cc3ccsc3C2=O)cc1)C(=O)O)c1c(Cl)cccc1Cl. The van der Waals surface area contributed by atoms with E-state index in [4.69, 9.17) is 23.2 Å². The van der Waals surface area contributed by atoms with Gasteiger partial charge in [-0.05, 0) is 46.8 Å². The number of hydrogen-bond donors (Lipinski definition) is 2. The summed E-state index contributed by atoms with van der Waals surface area (Å²) in [5.74, 6) is -1.88. The van der Waals surface area contributed by atoms with Crippen LogP contribution in [-0.4, -0.2) is 28.9 Å². The van der Waals surface area contributed by atoms with Gasteiger partial charge in [0.05, 0.1) is 27.0 Å². The smallest absolute Gasteiger partial charge is 0.326 e. The number of carbonyl (C=O) groups is 3. The molecule has 0 unspecified atom stereocenters. The lowest BCUT2D eigenvalue weighted by Crippen LogP contribution is -2.42. The van der Waals surface area contributed by atoms with Crippen molar-refractivity contribution in [3.05, 3.63) is 85.5 Å². The third-order valence-electron chi connectivity index (χ3n) is 5.00. The monoisotopic (exact) mass is 474 g/mol. The van der Waals surface area contributed by atoms with Crippen LogP contribution < -0.4 is 10.2 Å². The second-order valence-corrected chi connectivity index (χ2v) is 8.73. The van der Waals surface area contributed by atoms with E-state index in [1.54, 1.807) is 35.2 Å². The molecule has 1 aliphatic rings. The Kier molecular flexibility index (Phi) is 6.00. The molecule has 0 fully saturated rings. The summed E-state index contributed by atoms with van der Waals surface area (Å²) in [6.07, 6.45) is 0.0602. The number of nitrogens with zero attached hydrogens (tertiary/aromatic N) is 1. The molecular weight excluding hydrogens is 459 g/mol. The summed E-state index contributed by atoms with van der Waals surface area (Å²) in [5, 5.41) is 14.2. The molecule has 2 heterocycles. The van der Waals surface area contributed by atoms with Crippen molar-refractivity contribution in [2.75, 3.05) is 4.90 Å². The predicted molar refractivity (Wildman–Crippen MR) is 120 cm³/mol. The van der Waals surface area contributed by atoms with E-state index in [1.165, 1.54) is 23.5 Å². The van der Waals surface area contributed by atoms with Gasteiger partial charge in [0, 0.05) is 12.1 Å². The molecule has 6 nitrogen and oxygen atoms in total. The molecule has 31 heavy (non-hydrogen) atoms. The molecule has 2 aromatic carbocycles. The number of carboxylic acid groups (broad SMARTS) is 1. The zero-order valence-corrected chi connectivity index (χ0v) is 18.3. The van der Waals surface area contributed by atoms with E-state index in [0.717, 1.165) is 16.1 Å². The molecule has 0 radical (unpaired) electrons. The van der Waals surface area contributed by atoms with E-state index in [-0.39, 0.29) is 27.9 Å². The van der Waals surface area contributed by atoms with E-state index < -0.39 is 17.9 Å². The van der Waals surface area contributed by atoms with Gasteiger partial charge in [-0.2, -0.15) is 0 Å². The Balaban J connectivity index is 1.47. The highest BCUT2D eigenvalue weighted by molar-refractivity contribution is 7.12. The number of amides is 2. The lowest BCUT2D eigenvalue weighted by molar-refractivity contribution is -0.139. The molecule has 2 amide bonds. The number of carboxylic acids is 1. The van der Waals surface area contributed by atoms with Crippen LogP contribution in [0.5, 0.6) is 0 Å². The van der Waals surface area contributed by atoms with Gasteiger partial charge in [-0.1, -0.05) is 41.4 Å². The first-order valence-corrected chi connectivity index (χ1v) is 10.9. The fourth-order valence-electron chi connectivity index (χ4n) is 3.41. The minimum Gasteiger partial charge on any atom is -0.480 e. The maximum Gasteiger partial charge on any atom is 0.326 e. The number of thiophene rings is 1. The van der Waals surface area contributed by atoms with Crippen LogP contribution in [0.3, 0.4) is 0 Å². The van der Waals surface area contributed by atoms with Crippen molar-refractivity contribution < 1.29 is 19.5 Å². The van der Waals surface area contributed by atoms with Gasteiger partial charge in [-0.3, -0.25) is 9.59 Å². The third-order valence-corrected chi connectivity index (χ3v) is 6.57. The Bertz CT molecular complexity index is 1160. The molecule has 0 saturated carbocycles. The molecule has 0 saturated heterocycles. The van der Waals surface area contributed by atoms with Crippen LogP contribution in [0.15, 0.2) is 53.9 Å². The normalized spacial score (nSPS) is 13.7. The fourth-order valence-corrected chi connectivity index (χ4v) is 4.85. The summed E-state index contributed by atoms with van der Waals surface area (Å²) in [6.45, 7) is 0.517. The summed E-state index contributed by atoms with van der Waals surface area (Å²) in [7, 11) is 0. The van der Waals surface area contributed by atoms with Crippen LogP contribution >= 0.6 is 34.5 Å². The third kappa shape index (κ3) is 4.30. The number of fused-ring (bicyclic) bond motifs is 1. The molecule has 1 atom stereocenters. The Morgan fingerprint density at radius 2 is 1.77 bits per heavy atom. The van der Waals surface area contributed by atoms with Crippen molar-refractivity contribution in [1.82, 2.24) is 5.32 Å². The van der Waals surface area contributed by atoms with E-state index in [2.05, 4.69) is 5.32 Å². The van der Waals surface area contributed by atoms with Crippen LogP contribution in [0, 0.1) is 0 Å². The van der Waals surface area contributed by atoms with Crippen LogP contribution in [-0.2, 0) is 17.8 Å². The van der Waals surface area contributed by atoms with Gasteiger partial charge >= 0.3 is 5.97 Å². The number of halogens is 2. The van der Waals surface area contributed by atoms with Gasteiger partial charge in [0.2, 0.25) is 0 Å². The molecule has 0 bridgehead atoms. The topological polar surface area (TPSA) is 86.7 Å². The van der Waals surface area contributed by atoms with E-state index in [0.29, 0.717) is 12.1 Å². The molecule has 2 N–H and O–H groups in total. The number of hydrogen-bond acceptors (Lipinski definition) is 4. The van der Waals surface area contributed by atoms with Crippen LogP contribution in [0.2, 0.25) is 10.0 Å². The second kappa shape index (κ2) is 8.70. The summed E-state index contributed by atoms with van der Waals surface area (Å²) < 4.78 is 0. The lowest BCUT2D eigenvalue weighted by atomic mass is 10.0. The van der Waals surface area contributed by atoms with Gasteiger partial charge in [0.25, 0.3) is 11.8 Å². The van der Waals surface area contributed by atoms with Gasteiger partial charge in [0.15, 0.2) is 0 Å². The molecule has 1 aromatic heterocycles. The van der Waals surface area contributed by atoms with Gasteiger partial charge in [0.1, 0.15) is 6.04 Å². The average Bonchev–Trinajstić information content (AvgIpc) is 3.31. The summed E-state index contributed by atoms with van der Waals surface area (Å²) in [4.78, 5) is 39.2. The van der Waals surface area contributed by atoms with E-state index in [1.807, 2.05) is 11.4 Å². The first-order valence-electron chi connectivity index (χ1n) is 9.30. The molecular formula is C22H16Cl2N2O4S. The molecule has 9 heteroatoms.